The van der Waals surface area contributed by atoms with Gasteiger partial charge in [-0.15, -0.1) is 0 Å². The standard InChI is InChI=1S/C17H17BrN2O4/c1-22-14-6-7-16(23-2)12(8-14)10-19-20-17(21)11-24-15-5-3-4-13(18)9-15/h3-10H,11H2,1-2H3,(H,20,21)/b19-10+. The zero-order valence-electron chi connectivity index (χ0n) is 13.3. The minimum Gasteiger partial charge on any atom is -0.497 e. The lowest BCUT2D eigenvalue weighted by Crippen LogP contribution is -2.24. The molecule has 0 heterocycles. The van der Waals surface area contributed by atoms with Gasteiger partial charge in [-0.05, 0) is 36.4 Å². The van der Waals surface area contributed by atoms with Crippen LogP contribution in [-0.4, -0.2) is 32.9 Å². The molecule has 0 fully saturated rings. The number of hydrogen-bond donors (Lipinski definition) is 1. The molecule has 126 valence electrons. The van der Waals surface area contributed by atoms with Gasteiger partial charge in [-0.3, -0.25) is 4.79 Å². The minimum absolute atomic E-state index is 0.136. The highest BCUT2D eigenvalue weighted by Gasteiger charge is 2.04. The van der Waals surface area contributed by atoms with Crippen molar-refractivity contribution < 1.29 is 19.0 Å². The number of amides is 1. The van der Waals surface area contributed by atoms with E-state index in [0.717, 1.165) is 4.47 Å². The summed E-state index contributed by atoms with van der Waals surface area (Å²) in [6, 6.07) is 12.5. The number of carbonyl (C=O) groups is 1. The predicted molar refractivity (Wildman–Crippen MR) is 94.9 cm³/mol. The van der Waals surface area contributed by atoms with Crippen LogP contribution in [0, 0.1) is 0 Å². The first-order valence-electron chi connectivity index (χ1n) is 7.04. The molecular weight excluding hydrogens is 376 g/mol. The van der Waals surface area contributed by atoms with Gasteiger partial charge in [-0.2, -0.15) is 5.10 Å². The molecule has 0 aromatic heterocycles. The Hall–Kier alpha value is -2.54. The number of methoxy groups -OCH3 is 2. The Kier molecular flexibility index (Phi) is 6.62. The number of nitrogens with one attached hydrogen (secondary N) is 1. The number of nitrogens with zero attached hydrogens (tertiary/aromatic N) is 1. The third-order valence-corrected chi connectivity index (χ3v) is 3.49. The normalized spacial score (nSPS) is 10.5. The van der Waals surface area contributed by atoms with Crippen molar-refractivity contribution in [1.82, 2.24) is 5.43 Å². The fourth-order valence-electron chi connectivity index (χ4n) is 1.85. The molecule has 6 nitrogen and oxygen atoms in total. The first-order valence-corrected chi connectivity index (χ1v) is 7.84. The summed E-state index contributed by atoms with van der Waals surface area (Å²) in [6.07, 6.45) is 1.48. The van der Waals surface area contributed by atoms with Crippen LogP contribution in [0.3, 0.4) is 0 Å². The zero-order valence-corrected chi connectivity index (χ0v) is 14.9. The average molecular weight is 393 g/mol. The van der Waals surface area contributed by atoms with E-state index in [9.17, 15) is 4.79 Å². The number of hydrogen-bond acceptors (Lipinski definition) is 5. The Labute approximate surface area is 148 Å². The SMILES string of the molecule is COc1ccc(OC)c(/C=N/NC(=O)COc2cccc(Br)c2)c1. The number of rotatable bonds is 7. The summed E-state index contributed by atoms with van der Waals surface area (Å²) >= 11 is 3.34. The van der Waals surface area contributed by atoms with Crippen molar-refractivity contribution in [3.05, 3.63) is 52.5 Å². The van der Waals surface area contributed by atoms with Crippen molar-refractivity contribution in [3.8, 4) is 17.2 Å². The van der Waals surface area contributed by atoms with Gasteiger partial charge in [0.25, 0.3) is 5.91 Å². The van der Waals surface area contributed by atoms with Gasteiger partial charge < -0.3 is 14.2 Å². The summed E-state index contributed by atoms with van der Waals surface area (Å²) in [5.74, 6) is 1.52. The van der Waals surface area contributed by atoms with E-state index in [2.05, 4.69) is 26.5 Å². The molecule has 0 saturated heterocycles. The van der Waals surface area contributed by atoms with Crippen LogP contribution >= 0.6 is 15.9 Å². The van der Waals surface area contributed by atoms with E-state index in [1.54, 1.807) is 44.6 Å². The van der Waals surface area contributed by atoms with Crippen LogP contribution in [0.15, 0.2) is 52.0 Å². The highest BCUT2D eigenvalue weighted by Crippen LogP contribution is 2.22. The van der Waals surface area contributed by atoms with Crippen LogP contribution in [0.5, 0.6) is 17.2 Å². The highest BCUT2D eigenvalue weighted by molar-refractivity contribution is 9.10. The molecule has 0 radical (unpaired) electrons. The van der Waals surface area contributed by atoms with Gasteiger partial charge in [0.05, 0.1) is 20.4 Å². The number of hydrazone groups is 1. The van der Waals surface area contributed by atoms with Crippen LogP contribution < -0.4 is 19.6 Å². The molecule has 0 bridgehead atoms. The van der Waals surface area contributed by atoms with Gasteiger partial charge in [0.1, 0.15) is 17.2 Å². The van der Waals surface area contributed by atoms with Gasteiger partial charge in [-0.25, -0.2) is 5.43 Å². The maximum Gasteiger partial charge on any atom is 0.277 e. The molecule has 2 rings (SSSR count). The molecule has 0 unspecified atom stereocenters. The number of carbonyl (C=O) groups excluding carboxylic acids is 1. The first-order chi connectivity index (χ1) is 11.6. The van der Waals surface area contributed by atoms with Crippen molar-refractivity contribution >= 4 is 28.1 Å². The molecule has 0 atom stereocenters. The quantitative estimate of drug-likeness (QED) is 0.580. The molecule has 0 aliphatic carbocycles. The van der Waals surface area contributed by atoms with Crippen LogP contribution in [0.2, 0.25) is 0 Å². The van der Waals surface area contributed by atoms with Crippen molar-refractivity contribution in [2.75, 3.05) is 20.8 Å². The Morgan fingerprint density at radius 3 is 2.71 bits per heavy atom. The summed E-state index contributed by atoms with van der Waals surface area (Å²) in [7, 11) is 3.13. The second-order valence-corrected chi connectivity index (χ2v) is 5.56. The lowest BCUT2D eigenvalue weighted by Gasteiger charge is -2.07. The van der Waals surface area contributed by atoms with Crippen molar-refractivity contribution in [3.63, 3.8) is 0 Å². The van der Waals surface area contributed by atoms with Crippen molar-refractivity contribution in [2.24, 2.45) is 5.10 Å². The fraction of sp³-hybridized carbons (Fsp3) is 0.176. The summed E-state index contributed by atoms with van der Waals surface area (Å²) < 4.78 is 16.6. The van der Waals surface area contributed by atoms with Gasteiger partial charge >= 0.3 is 0 Å². The molecule has 1 N–H and O–H groups in total. The van der Waals surface area contributed by atoms with Crippen LogP contribution in [0.1, 0.15) is 5.56 Å². The first kappa shape index (κ1) is 17.8. The van der Waals surface area contributed by atoms with Gasteiger partial charge in [0.2, 0.25) is 0 Å². The second-order valence-electron chi connectivity index (χ2n) is 4.65. The molecular formula is C17H17BrN2O4. The summed E-state index contributed by atoms with van der Waals surface area (Å²) in [4.78, 5) is 11.8. The monoisotopic (exact) mass is 392 g/mol. The molecule has 0 saturated carbocycles. The molecule has 2 aromatic rings. The molecule has 1 amide bonds. The molecule has 7 heteroatoms. The fourth-order valence-corrected chi connectivity index (χ4v) is 2.23. The van der Waals surface area contributed by atoms with Gasteiger partial charge in [0, 0.05) is 10.0 Å². The summed E-state index contributed by atoms with van der Waals surface area (Å²) in [5, 5.41) is 3.91. The average Bonchev–Trinajstić information content (AvgIpc) is 2.60. The van der Waals surface area contributed by atoms with Gasteiger partial charge in [0.15, 0.2) is 6.61 Å². The minimum atomic E-state index is -0.368. The Morgan fingerprint density at radius 2 is 2.00 bits per heavy atom. The van der Waals surface area contributed by atoms with Crippen LogP contribution in [0.4, 0.5) is 0 Å². The second kappa shape index (κ2) is 8.93. The predicted octanol–water partition coefficient (Wildman–Crippen LogP) is 3.00. The van der Waals surface area contributed by atoms with E-state index >= 15 is 0 Å². The van der Waals surface area contributed by atoms with Crippen LogP contribution in [0.25, 0.3) is 0 Å². The number of ether oxygens (including phenoxy) is 3. The lowest BCUT2D eigenvalue weighted by molar-refractivity contribution is -0.123. The van der Waals surface area contributed by atoms with E-state index in [1.807, 2.05) is 12.1 Å². The summed E-state index contributed by atoms with van der Waals surface area (Å²) in [5.41, 5.74) is 3.09. The molecule has 2 aromatic carbocycles. The van der Waals surface area contributed by atoms with Crippen molar-refractivity contribution in [1.29, 1.82) is 0 Å². The molecule has 0 aliphatic heterocycles. The number of halogens is 1. The largest absolute Gasteiger partial charge is 0.497 e. The Morgan fingerprint density at radius 1 is 1.17 bits per heavy atom. The highest BCUT2D eigenvalue weighted by atomic mass is 79.9. The molecule has 24 heavy (non-hydrogen) atoms. The third-order valence-electron chi connectivity index (χ3n) is 3.00. The topological polar surface area (TPSA) is 69.2 Å². The molecule has 0 spiro atoms. The van der Waals surface area contributed by atoms with E-state index in [-0.39, 0.29) is 12.5 Å². The Balaban J connectivity index is 1.90. The third kappa shape index (κ3) is 5.27. The van der Waals surface area contributed by atoms with Gasteiger partial charge in [-0.1, -0.05) is 22.0 Å². The maximum absolute atomic E-state index is 11.8. The lowest BCUT2D eigenvalue weighted by atomic mass is 10.2. The summed E-state index contributed by atoms with van der Waals surface area (Å²) in [6.45, 7) is -0.136. The van der Waals surface area contributed by atoms with Crippen LogP contribution in [-0.2, 0) is 4.79 Å². The molecule has 0 aliphatic rings. The Bertz CT molecular complexity index is 734. The number of benzene rings is 2. The van der Waals surface area contributed by atoms with E-state index in [0.29, 0.717) is 22.8 Å². The van der Waals surface area contributed by atoms with E-state index in [4.69, 9.17) is 14.2 Å². The van der Waals surface area contributed by atoms with E-state index in [1.165, 1.54) is 6.21 Å². The smallest absolute Gasteiger partial charge is 0.277 e. The maximum atomic E-state index is 11.8. The zero-order chi connectivity index (χ0) is 17.4. The van der Waals surface area contributed by atoms with E-state index < -0.39 is 0 Å². The van der Waals surface area contributed by atoms with Crippen molar-refractivity contribution in [2.45, 2.75) is 0 Å².